The Bertz CT molecular complexity index is 1100. The monoisotopic (exact) mass is 347 g/mol. The van der Waals surface area contributed by atoms with E-state index >= 15 is 0 Å². The molecule has 0 aliphatic carbocycles. The molecule has 0 spiro atoms. The van der Waals surface area contributed by atoms with Crippen LogP contribution in [0.3, 0.4) is 0 Å². The molecule has 0 atom stereocenters. The zero-order chi connectivity index (χ0) is 18.3. The van der Waals surface area contributed by atoms with E-state index < -0.39 is 0 Å². The third-order valence-electron chi connectivity index (χ3n) is 4.50. The molecule has 2 N–H and O–H groups in total. The van der Waals surface area contributed by atoms with Gasteiger partial charge in [-0.15, -0.1) is 0 Å². The largest absolute Gasteiger partial charge is 0.508 e. The van der Waals surface area contributed by atoms with Gasteiger partial charge in [-0.3, -0.25) is 4.57 Å². The number of phenolic OH excluding ortho intramolecular Hbond substituents is 1. The van der Waals surface area contributed by atoms with Crippen LogP contribution < -0.4 is 0 Å². The summed E-state index contributed by atoms with van der Waals surface area (Å²) in [7, 11) is 0. The van der Waals surface area contributed by atoms with Crippen molar-refractivity contribution < 1.29 is 14.8 Å². The fourth-order valence-electron chi connectivity index (χ4n) is 3.42. The maximum atomic E-state index is 9.66. The standard InChI is InChI=1S/C20H17N3O3/c1-12-18(13(2)26-22-12)20-19(14-7-9-15(24)10-8-14)16-5-3-4-6-17(16)23(20)11-21-25/h3-11,24-25H,1-2H3/b21-11-. The van der Waals surface area contributed by atoms with Gasteiger partial charge in [-0.2, -0.15) is 0 Å². The molecule has 26 heavy (non-hydrogen) atoms. The normalized spacial score (nSPS) is 11.6. The molecule has 4 aromatic rings. The number of oxime groups is 1. The lowest BCUT2D eigenvalue weighted by Gasteiger charge is -2.08. The number of hydrogen-bond donors (Lipinski definition) is 2. The molecule has 2 aromatic carbocycles. The second kappa shape index (κ2) is 6.07. The van der Waals surface area contributed by atoms with Crippen molar-refractivity contribution in [3.05, 3.63) is 60.0 Å². The van der Waals surface area contributed by atoms with Crippen LogP contribution in [0.2, 0.25) is 0 Å². The number of aryl methyl sites for hydroxylation is 2. The molecule has 0 amide bonds. The Hall–Kier alpha value is -3.54. The summed E-state index contributed by atoms with van der Waals surface area (Å²) in [5.74, 6) is 0.881. The van der Waals surface area contributed by atoms with Crippen LogP contribution in [0, 0.1) is 13.8 Å². The molecule has 0 aliphatic rings. The van der Waals surface area contributed by atoms with Crippen molar-refractivity contribution in [2.75, 3.05) is 0 Å². The third kappa shape index (κ3) is 2.35. The minimum atomic E-state index is 0.202. The van der Waals surface area contributed by atoms with Gasteiger partial charge in [0.15, 0.2) is 0 Å². The number of fused-ring (bicyclic) bond motifs is 1. The van der Waals surface area contributed by atoms with Crippen molar-refractivity contribution in [3.63, 3.8) is 0 Å². The van der Waals surface area contributed by atoms with Gasteiger partial charge in [0.25, 0.3) is 0 Å². The molecule has 130 valence electrons. The number of rotatable bonds is 3. The average molecular weight is 347 g/mol. The first-order chi connectivity index (χ1) is 12.6. The fourth-order valence-corrected chi connectivity index (χ4v) is 3.42. The van der Waals surface area contributed by atoms with Crippen LogP contribution >= 0.6 is 0 Å². The van der Waals surface area contributed by atoms with E-state index in [1.165, 1.54) is 6.34 Å². The van der Waals surface area contributed by atoms with Gasteiger partial charge in [0.2, 0.25) is 0 Å². The molecule has 0 radical (unpaired) electrons. The number of phenols is 1. The minimum Gasteiger partial charge on any atom is -0.508 e. The summed E-state index contributed by atoms with van der Waals surface area (Å²) in [5, 5.41) is 27.2. The zero-order valence-electron chi connectivity index (χ0n) is 14.3. The molecule has 0 unspecified atom stereocenters. The molecular weight excluding hydrogens is 330 g/mol. The van der Waals surface area contributed by atoms with Crippen molar-refractivity contribution in [2.24, 2.45) is 5.16 Å². The van der Waals surface area contributed by atoms with Crippen LogP contribution in [0.5, 0.6) is 5.75 Å². The highest BCUT2D eigenvalue weighted by Gasteiger charge is 2.24. The van der Waals surface area contributed by atoms with Crippen LogP contribution in [-0.2, 0) is 0 Å². The molecule has 2 heterocycles. The van der Waals surface area contributed by atoms with Gasteiger partial charge in [0, 0.05) is 10.9 Å². The topological polar surface area (TPSA) is 83.8 Å². The second-order valence-electron chi connectivity index (χ2n) is 6.09. The maximum Gasteiger partial charge on any atom is 0.143 e. The maximum absolute atomic E-state index is 9.66. The summed E-state index contributed by atoms with van der Waals surface area (Å²) >= 11 is 0. The number of para-hydroxylation sites is 1. The van der Waals surface area contributed by atoms with Crippen molar-refractivity contribution in [1.29, 1.82) is 0 Å². The van der Waals surface area contributed by atoms with Crippen LogP contribution in [0.1, 0.15) is 11.5 Å². The Morgan fingerprint density at radius 3 is 2.42 bits per heavy atom. The van der Waals surface area contributed by atoms with E-state index in [4.69, 9.17) is 4.52 Å². The van der Waals surface area contributed by atoms with Crippen LogP contribution in [-0.4, -0.2) is 26.4 Å². The average Bonchev–Trinajstić information content (AvgIpc) is 3.13. The Kier molecular flexibility index (Phi) is 3.73. The first kappa shape index (κ1) is 16.0. The Morgan fingerprint density at radius 2 is 1.77 bits per heavy atom. The molecule has 0 aliphatic heterocycles. The van der Waals surface area contributed by atoms with Crippen molar-refractivity contribution >= 4 is 17.2 Å². The van der Waals surface area contributed by atoms with E-state index in [0.29, 0.717) is 5.76 Å². The number of benzene rings is 2. The molecule has 0 saturated heterocycles. The predicted octanol–water partition coefficient (Wildman–Crippen LogP) is 4.55. The zero-order valence-corrected chi connectivity index (χ0v) is 14.3. The number of aromatic nitrogens is 2. The van der Waals surface area contributed by atoms with E-state index in [1.807, 2.05) is 54.8 Å². The highest BCUT2D eigenvalue weighted by atomic mass is 16.5. The summed E-state index contributed by atoms with van der Waals surface area (Å²) in [6.07, 6.45) is 1.37. The predicted molar refractivity (Wildman–Crippen MR) is 99.7 cm³/mol. The number of nitrogens with zero attached hydrogens (tertiary/aromatic N) is 3. The lowest BCUT2D eigenvalue weighted by atomic mass is 9.97. The quantitative estimate of drug-likeness (QED) is 0.246. The summed E-state index contributed by atoms with van der Waals surface area (Å²) in [6.45, 7) is 3.73. The number of hydrogen-bond acceptors (Lipinski definition) is 5. The molecule has 6 heteroatoms. The summed E-state index contributed by atoms with van der Waals surface area (Å²) in [6, 6.07) is 14.9. The molecule has 2 aromatic heterocycles. The van der Waals surface area contributed by atoms with Crippen molar-refractivity contribution in [3.8, 4) is 28.1 Å². The smallest absolute Gasteiger partial charge is 0.143 e. The van der Waals surface area contributed by atoms with E-state index in [2.05, 4.69) is 10.3 Å². The fraction of sp³-hybridized carbons (Fsp3) is 0.100. The Labute approximate surface area is 149 Å². The first-order valence-corrected chi connectivity index (χ1v) is 8.15. The second-order valence-corrected chi connectivity index (χ2v) is 6.09. The van der Waals surface area contributed by atoms with Gasteiger partial charge in [-0.1, -0.05) is 40.6 Å². The molecule has 6 nitrogen and oxygen atoms in total. The van der Waals surface area contributed by atoms with Gasteiger partial charge in [-0.25, -0.2) is 0 Å². The van der Waals surface area contributed by atoms with Crippen molar-refractivity contribution in [2.45, 2.75) is 13.8 Å². The van der Waals surface area contributed by atoms with Crippen LogP contribution in [0.4, 0.5) is 0 Å². The van der Waals surface area contributed by atoms with E-state index in [1.54, 1.807) is 12.1 Å². The van der Waals surface area contributed by atoms with Gasteiger partial charge in [-0.05, 0) is 37.6 Å². The van der Waals surface area contributed by atoms with E-state index in [9.17, 15) is 10.3 Å². The molecular formula is C20H17N3O3. The summed E-state index contributed by atoms with van der Waals surface area (Å²) in [5.41, 5.74) is 5.20. The molecule has 4 rings (SSSR count). The van der Waals surface area contributed by atoms with Crippen LogP contribution in [0.15, 0.2) is 58.2 Å². The molecule has 0 saturated carbocycles. The molecule has 0 bridgehead atoms. The Balaban J connectivity index is 2.19. The van der Waals surface area contributed by atoms with Gasteiger partial charge >= 0.3 is 0 Å². The van der Waals surface area contributed by atoms with Gasteiger partial charge in [0.1, 0.15) is 17.8 Å². The van der Waals surface area contributed by atoms with Crippen LogP contribution in [0.25, 0.3) is 33.3 Å². The molecule has 0 fully saturated rings. The number of aromatic hydroxyl groups is 1. The third-order valence-corrected chi connectivity index (χ3v) is 4.50. The van der Waals surface area contributed by atoms with Crippen molar-refractivity contribution in [1.82, 2.24) is 9.72 Å². The highest BCUT2D eigenvalue weighted by Crippen LogP contribution is 2.42. The van der Waals surface area contributed by atoms with E-state index in [0.717, 1.165) is 39.0 Å². The van der Waals surface area contributed by atoms with E-state index in [-0.39, 0.29) is 5.75 Å². The lowest BCUT2D eigenvalue weighted by molar-refractivity contribution is 0.320. The van der Waals surface area contributed by atoms with Gasteiger partial charge < -0.3 is 14.8 Å². The summed E-state index contributed by atoms with van der Waals surface area (Å²) < 4.78 is 7.20. The minimum absolute atomic E-state index is 0.202. The highest BCUT2D eigenvalue weighted by molar-refractivity contribution is 6.08. The Morgan fingerprint density at radius 1 is 1.04 bits per heavy atom. The lowest BCUT2D eigenvalue weighted by Crippen LogP contribution is -2.00. The first-order valence-electron chi connectivity index (χ1n) is 8.15. The summed E-state index contributed by atoms with van der Waals surface area (Å²) in [4.78, 5) is 0. The van der Waals surface area contributed by atoms with Gasteiger partial charge in [0.05, 0.1) is 22.5 Å². The SMILES string of the molecule is Cc1noc(C)c1-c1c(-c2ccc(O)cc2)c2ccccc2n1/C=N\O.